The molecule has 0 aromatic rings. The Balaban J connectivity index is 0. The molecule has 0 aromatic carbocycles. The second kappa shape index (κ2) is 18.1. The Hall–Kier alpha value is -0.420. The molecule has 4 nitrogen and oxygen atoms in total. The smallest absolute Gasteiger partial charge is 0.0159 e. The molecule has 0 unspecified atom stereocenters. The molecule has 0 fully saturated rings. The monoisotopic (exact) mass is 440 g/mol. The maximum absolute atomic E-state index is 4.85. The lowest BCUT2D eigenvalue weighted by molar-refractivity contribution is 0.353. The SMILES string of the molecule is CC(C)CCCCNC(C)(C)C/C=C\CNC(C)(C)CCCCNC(C)(C)C.CCN. The van der Waals surface area contributed by atoms with Crippen molar-refractivity contribution in [2.75, 3.05) is 26.2 Å². The summed E-state index contributed by atoms with van der Waals surface area (Å²) in [5, 5.41) is 11.0. The van der Waals surface area contributed by atoms with Gasteiger partial charge in [0, 0.05) is 23.2 Å². The fraction of sp³-hybridized carbons (Fsp3) is 0.926. The first-order valence-electron chi connectivity index (χ1n) is 12.8. The minimum Gasteiger partial charge on any atom is -0.331 e. The van der Waals surface area contributed by atoms with E-state index >= 15 is 0 Å². The highest BCUT2D eigenvalue weighted by Crippen LogP contribution is 2.14. The molecule has 0 heterocycles. The Kier molecular flexibility index (Phi) is 19.1. The van der Waals surface area contributed by atoms with Crippen molar-refractivity contribution >= 4 is 0 Å². The summed E-state index contributed by atoms with van der Waals surface area (Å²) in [4.78, 5) is 0. The Bertz CT molecular complexity index is 419. The van der Waals surface area contributed by atoms with Gasteiger partial charge >= 0.3 is 0 Å². The van der Waals surface area contributed by atoms with E-state index in [1.807, 2.05) is 6.92 Å². The minimum atomic E-state index is 0.184. The van der Waals surface area contributed by atoms with Crippen molar-refractivity contribution in [3.8, 4) is 0 Å². The number of unbranched alkanes of at least 4 members (excludes halogenated alkanes) is 2. The third kappa shape index (κ3) is 27.5. The lowest BCUT2D eigenvalue weighted by Gasteiger charge is -2.27. The van der Waals surface area contributed by atoms with E-state index in [0.717, 1.165) is 38.5 Å². The molecule has 0 aliphatic rings. The van der Waals surface area contributed by atoms with Crippen LogP contribution < -0.4 is 21.7 Å². The Morgan fingerprint density at radius 1 is 0.742 bits per heavy atom. The standard InChI is InChI=1S/C25H53N3.C2H7N/c1-22(2)16-10-13-20-27-24(6,7)18-12-15-21-28-25(8,9)17-11-14-19-26-23(3,4)5;1-2-3/h12,15,22,26-28H,10-11,13-14,16-21H2,1-9H3;2-3H2,1H3/b15-12-;. The molecule has 0 aromatic heterocycles. The van der Waals surface area contributed by atoms with Crippen molar-refractivity contribution in [3.63, 3.8) is 0 Å². The number of rotatable bonds is 16. The summed E-state index contributed by atoms with van der Waals surface area (Å²) in [5.74, 6) is 0.827. The number of hydrogen-bond acceptors (Lipinski definition) is 4. The molecule has 0 radical (unpaired) electrons. The average molecular weight is 441 g/mol. The van der Waals surface area contributed by atoms with Crippen LogP contribution in [-0.4, -0.2) is 42.8 Å². The highest BCUT2D eigenvalue weighted by Gasteiger charge is 2.16. The molecule has 31 heavy (non-hydrogen) atoms. The molecule has 5 N–H and O–H groups in total. The first-order chi connectivity index (χ1) is 14.2. The quantitative estimate of drug-likeness (QED) is 0.175. The molecule has 0 spiro atoms. The van der Waals surface area contributed by atoms with Crippen molar-refractivity contribution in [2.45, 2.75) is 131 Å². The van der Waals surface area contributed by atoms with Crippen molar-refractivity contribution < 1.29 is 0 Å². The van der Waals surface area contributed by atoms with Crippen molar-refractivity contribution in [1.82, 2.24) is 16.0 Å². The lowest BCUT2D eigenvalue weighted by atomic mass is 9.96. The van der Waals surface area contributed by atoms with Crippen LogP contribution in [0.1, 0.15) is 114 Å². The van der Waals surface area contributed by atoms with Crippen LogP contribution >= 0.6 is 0 Å². The number of nitrogens with two attached hydrogens (primary N) is 1. The fourth-order valence-corrected chi connectivity index (χ4v) is 3.22. The summed E-state index contributed by atoms with van der Waals surface area (Å²) in [6, 6.07) is 0. The Morgan fingerprint density at radius 3 is 1.84 bits per heavy atom. The third-order valence-corrected chi connectivity index (χ3v) is 5.19. The molecule has 0 amide bonds. The van der Waals surface area contributed by atoms with E-state index < -0.39 is 0 Å². The van der Waals surface area contributed by atoms with E-state index in [1.54, 1.807) is 0 Å². The molecule has 0 saturated heterocycles. The van der Waals surface area contributed by atoms with Gasteiger partial charge in [0.25, 0.3) is 0 Å². The zero-order chi connectivity index (χ0) is 24.4. The number of nitrogens with one attached hydrogen (secondary N) is 3. The van der Waals surface area contributed by atoms with Gasteiger partial charge in [0.15, 0.2) is 0 Å². The van der Waals surface area contributed by atoms with Gasteiger partial charge in [-0.2, -0.15) is 0 Å². The van der Waals surface area contributed by atoms with Crippen molar-refractivity contribution in [2.24, 2.45) is 11.7 Å². The molecule has 4 heteroatoms. The van der Waals surface area contributed by atoms with E-state index in [9.17, 15) is 0 Å². The van der Waals surface area contributed by atoms with Crippen LogP contribution in [0.25, 0.3) is 0 Å². The van der Waals surface area contributed by atoms with E-state index in [1.165, 1.54) is 38.5 Å². The van der Waals surface area contributed by atoms with Gasteiger partial charge in [0.1, 0.15) is 0 Å². The summed E-state index contributed by atoms with van der Waals surface area (Å²) in [7, 11) is 0. The zero-order valence-electron chi connectivity index (χ0n) is 23.1. The molecule has 0 aliphatic heterocycles. The van der Waals surface area contributed by atoms with Crippen LogP contribution in [0.3, 0.4) is 0 Å². The Labute approximate surface area is 197 Å². The van der Waals surface area contributed by atoms with Crippen LogP contribution in [0.15, 0.2) is 12.2 Å². The predicted molar refractivity (Wildman–Crippen MR) is 143 cm³/mol. The predicted octanol–water partition coefficient (Wildman–Crippen LogP) is 6.02. The molecule has 188 valence electrons. The maximum atomic E-state index is 4.85. The van der Waals surface area contributed by atoms with Crippen LogP contribution in [0.4, 0.5) is 0 Å². The van der Waals surface area contributed by atoms with Gasteiger partial charge in [-0.25, -0.2) is 0 Å². The summed E-state index contributed by atoms with van der Waals surface area (Å²) in [6.07, 6.45) is 13.4. The van der Waals surface area contributed by atoms with Crippen LogP contribution in [0.2, 0.25) is 0 Å². The van der Waals surface area contributed by atoms with Crippen LogP contribution in [0, 0.1) is 5.92 Å². The normalized spacial score (nSPS) is 13.0. The van der Waals surface area contributed by atoms with E-state index in [4.69, 9.17) is 5.73 Å². The molecule has 0 atom stereocenters. The molecular formula is C27H60N4. The van der Waals surface area contributed by atoms with Gasteiger partial charge in [-0.15, -0.1) is 0 Å². The van der Waals surface area contributed by atoms with Crippen molar-refractivity contribution in [1.29, 1.82) is 0 Å². The minimum absolute atomic E-state index is 0.184. The number of hydrogen-bond donors (Lipinski definition) is 4. The summed E-state index contributed by atoms with van der Waals surface area (Å²) < 4.78 is 0. The van der Waals surface area contributed by atoms with Gasteiger partial charge in [0.05, 0.1) is 0 Å². The molecule has 0 bridgehead atoms. The van der Waals surface area contributed by atoms with Gasteiger partial charge in [0.2, 0.25) is 0 Å². The van der Waals surface area contributed by atoms with Gasteiger partial charge in [-0.1, -0.05) is 52.2 Å². The zero-order valence-corrected chi connectivity index (χ0v) is 23.1. The summed E-state index contributed by atoms with van der Waals surface area (Å²) in [6.45, 7) is 26.4. The Morgan fingerprint density at radius 2 is 1.29 bits per heavy atom. The molecule has 0 saturated carbocycles. The fourth-order valence-electron chi connectivity index (χ4n) is 3.22. The highest BCUT2D eigenvalue weighted by molar-refractivity contribution is 4.94. The second-order valence-corrected chi connectivity index (χ2v) is 11.7. The largest absolute Gasteiger partial charge is 0.331 e. The lowest BCUT2D eigenvalue weighted by Crippen LogP contribution is -2.40. The van der Waals surface area contributed by atoms with Crippen LogP contribution in [-0.2, 0) is 0 Å². The van der Waals surface area contributed by atoms with Gasteiger partial charge < -0.3 is 21.7 Å². The van der Waals surface area contributed by atoms with Gasteiger partial charge in [-0.3, -0.25) is 0 Å². The molecule has 0 rings (SSSR count). The molecular weight excluding hydrogens is 380 g/mol. The third-order valence-electron chi connectivity index (χ3n) is 5.19. The maximum Gasteiger partial charge on any atom is 0.0159 e. The van der Waals surface area contributed by atoms with Crippen molar-refractivity contribution in [3.05, 3.63) is 12.2 Å². The second-order valence-electron chi connectivity index (χ2n) is 11.7. The van der Waals surface area contributed by atoms with Gasteiger partial charge in [-0.05, 0) is 99.7 Å². The summed E-state index contributed by atoms with van der Waals surface area (Å²) >= 11 is 0. The van der Waals surface area contributed by atoms with E-state index in [2.05, 4.69) is 90.4 Å². The molecule has 0 aliphatic carbocycles. The first-order valence-corrected chi connectivity index (χ1v) is 12.8. The van der Waals surface area contributed by atoms with E-state index in [-0.39, 0.29) is 16.6 Å². The average Bonchev–Trinajstić information content (AvgIpc) is 2.60. The van der Waals surface area contributed by atoms with E-state index in [0.29, 0.717) is 0 Å². The highest BCUT2D eigenvalue weighted by atomic mass is 15.0. The van der Waals surface area contributed by atoms with Crippen LogP contribution in [0.5, 0.6) is 0 Å². The first kappa shape index (κ1) is 32.8. The topological polar surface area (TPSA) is 62.1 Å². The summed E-state index contributed by atoms with van der Waals surface area (Å²) in [5.41, 5.74) is 5.47.